The maximum absolute atomic E-state index is 12.7. The van der Waals surface area contributed by atoms with Crippen molar-refractivity contribution in [2.75, 3.05) is 4.90 Å². The minimum Gasteiger partial charge on any atom is -0.457 e. The van der Waals surface area contributed by atoms with Crippen LogP contribution < -0.4 is 4.90 Å². The summed E-state index contributed by atoms with van der Waals surface area (Å²) in [4.78, 5) is 26.5. The zero-order valence-electron chi connectivity index (χ0n) is 14.3. The highest BCUT2D eigenvalue weighted by Crippen LogP contribution is 2.36. The molecule has 0 spiro atoms. The van der Waals surface area contributed by atoms with E-state index in [1.54, 1.807) is 24.3 Å². The van der Waals surface area contributed by atoms with Gasteiger partial charge in [0.05, 0.1) is 10.6 Å². The first-order valence-corrected chi connectivity index (χ1v) is 9.82. The van der Waals surface area contributed by atoms with Crippen LogP contribution in [0.25, 0.3) is 17.4 Å². The summed E-state index contributed by atoms with van der Waals surface area (Å²) >= 11 is 4.32. The molecule has 2 heterocycles. The van der Waals surface area contributed by atoms with E-state index < -0.39 is 0 Å². The van der Waals surface area contributed by atoms with Crippen LogP contribution in [0.4, 0.5) is 10.5 Å². The van der Waals surface area contributed by atoms with Crippen molar-refractivity contribution < 1.29 is 14.0 Å². The van der Waals surface area contributed by atoms with E-state index in [2.05, 4.69) is 15.9 Å². The fourth-order valence-electron chi connectivity index (χ4n) is 2.71. The number of halogens is 1. The third-order valence-corrected chi connectivity index (χ3v) is 5.51. The van der Waals surface area contributed by atoms with Crippen LogP contribution in [0.3, 0.4) is 0 Å². The fraction of sp³-hybridized carbons (Fsp3) is 0.0476. The first-order chi connectivity index (χ1) is 13.0. The van der Waals surface area contributed by atoms with Crippen molar-refractivity contribution in [2.45, 2.75) is 6.92 Å². The van der Waals surface area contributed by atoms with Crippen LogP contribution in [-0.2, 0) is 4.79 Å². The molecule has 0 radical (unpaired) electrons. The molecule has 1 saturated heterocycles. The number of carbonyl (C=O) groups is 2. The molecule has 4 nitrogen and oxygen atoms in total. The molecule has 0 aliphatic carbocycles. The van der Waals surface area contributed by atoms with Gasteiger partial charge in [0.1, 0.15) is 11.5 Å². The maximum Gasteiger partial charge on any atom is 0.298 e. The monoisotopic (exact) mass is 439 g/mol. The number of carbonyl (C=O) groups excluding carboxylic acids is 2. The molecule has 0 N–H and O–H groups in total. The van der Waals surface area contributed by atoms with Crippen LogP contribution in [0.1, 0.15) is 11.3 Å². The SMILES string of the molecule is Cc1ccc(N2C(=O)S/C(=C/c3ccc(-c4ccc(Br)cc4)o3)C2=O)cc1. The lowest BCUT2D eigenvalue weighted by Gasteiger charge is -2.12. The molecule has 4 rings (SSSR count). The zero-order valence-corrected chi connectivity index (χ0v) is 16.7. The van der Waals surface area contributed by atoms with Crippen molar-refractivity contribution >= 4 is 50.6 Å². The molecule has 134 valence electrons. The highest BCUT2D eigenvalue weighted by atomic mass is 79.9. The molecule has 1 aliphatic heterocycles. The van der Waals surface area contributed by atoms with E-state index in [9.17, 15) is 9.59 Å². The van der Waals surface area contributed by atoms with Crippen LogP contribution in [0, 0.1) is 6.92 Å². The predicted octanol–water partition coefficient (Wildman–Crippen LogP) is 6.26. The van der Waals surface area contributed by atoms with E-state index in [1.807, 2.05) is 49.4 Å². The van der Waals surface area contributed by atoms with Crippen molar-refractivity contribution in [1.29, 1.82) is 0 Å². The summed E-state index contributed by atoms with van der Waals surface area (Å²) in [7, 11) is 0. The highest BCUT2D eigenvalue weighted by Gasteiger charge is 2.36. The molecule has 2 aromatic carbocycles. The van der Waals surface area contributed by atoms with Crippen LogP contribution in [0.15, 0.2) is 74.5 Å². The first-order valence-electron chi connectivity index (χ1n) is 8.22. The molecule has 1 aromatic heterocycles. The van der Waals surface area contributed by atoms with E-state index in [-0.39, 0.29) is 11.1 Å². The van der Waals surface area contributed by atoms with Gasteiger partial charge in [-0.2, -0.15) is 0 Å². The van der Waals surface area contributed by atoms with E-state index in [1.165, 1.54) is 4.90 Å². The summed E-state index contributed by atoms with van der Waals surface area (Å²) < 4.78 is 6.81. The Hall–Kier alpha value is -2.57. The number of rotatable bonds is 3. The Morgan fingerprint density at radius 3 is 2.37 bits per heavy atom. The second kappa shape index (κ2) is 7.21. The lowest BCUT2D eigenvalue weighted by atomic mass is 10.2. The summed E-state index contributed by atoms with van der Waals surface area (Å²) in [6.45, 7) is 1.96. The van der Waals surface area contributed by atoms with Crippen molar-refractivity contribution in [3.63, 3.8) is 0 Å². The Morgan fingerprint density at radius 1 is 0.963 bits per heavy atom. The van der Waals surface area contributed by atoms with Crippen molar-refractivity contribution in [2.24, 2.45) is 0 Å². The Bertz CT molecular complexity index is 1050. The first kappa shape index (κ1) is 17.8. The zero-order chi connectivity index (χ0) is 19.0. The van der Waals surface area contributed by atoms with Crippen molar-refractivity contribution in [3.05, 3.63) is 81.4 Å². The lowest BCUT2D eigenvalue weighted by Crippen LogP contribution is -2.27. The molecule has 1 aliphatic rings. The number of benzene rings is 2. The minimum absolute atomic E-state index is 0.310. The van der Waals surface area contributed by atoms with Gasteiger partial charge in [-0.15, -0.1) is 0 Å². The topological polar surface area (TPSA) is 50.5 Å². The standard InChI is InChI=1S/C21H14BrNO3S/c1-13-2-8-16(9-3-13)23-20(24)19(27-21(23)25)12-17-10-11-18(26-17)14-4-6-15(22)7-5-14/h2-12H,1H3/b19-12+. The third kappa shape index (κ3) is 3.63. The summed E-state index contributed by atoms with van der Waals surface area (Å²) in [5.74, 6) is 0.893. The lowest BCUT2D eigenvalue weighted by molar-refractivity contribution is -0.113. The largest absolute Gasteiger partial charge is 0.457 e. The number of amides is 2. The molecular weight excluding hydrogens is 426 g/mol. The molecule has 6 heteroatoms. The molecule has 0 bridgehead atoms. The van der Waals surface area contributed by atoms with Crippen molar-refractivity contribution in [1.82, 2.24) is 0 Å². The number of furan rings is 1. The summed E-state index contributed by atoms with van der Waals surface area (Å²) in [5, 5.41) is -0.310. The van der Waals surface area contributed by atoms with E-state index >= 15 is 0 Å². The summed E-state index contributed by atoms with van der Waals surface area (Å²) in [6, 6.07) is 18.7. The van der Waals surface area contributed by atoms with Gasteiger partial charge in [0, 0.05) is 16.1 Å². The van der Waals surface area contributed by atoms with Crippen LogP contribution in [-0.4, -0.2) is 11.1 Å². The Kier molecular flexibility index (Phi) is 4.76. The number of nitrogens with zero attached hydrogens (tertiary/aromatic N) is 1. The quantitative estimate of drug-likeness (QED) is 0.451. The number of hydrogen-bond donors (Lipinski definition) is 0. The average molecular weight is 440 g/mol. The van der Waals surface area contributed by atoms with E-state index in [0.29, 0.717) is 22.1 Å². The summed E-state index contributed by atoms with van der Waals surface area (Å²) in [5.41, 5.74) is 2.57. The van der Waals surface area contributed by atoms with Crippen LogP contribution in [0.5, 0.6) is 0 Å². The van der Waals surface area contributed by atoms with Gasteiger partial charge in [-0.25, -0.2) is 4.90 Å². The normalized spacial score (nSPS) is 15.8. The molecule has 0 atom stereocenters. The van der Waals surface area contributed by atoms with Crippen LogP contribution in [0.2, 0.25) is 0 Å². The molecule has 3 aromatic rings. The van der Waals surface area contributed by atoms with Gasteiger partial charge in [0.25, 0.3) is 11.1 Å². The maximum atomic E-state index is 12.7. The van der Waals surface area contributed by atoms with E-state index in [4.69, 9.17) is 4.42 Å². The van der Waals surface area contributed by atoms with Gasteiger partial charge in [0.2, 0.25) is 0 Å². The van der Waals surface area contributed by atoms with E-state index in [0.717, 1.165) is 27.4 Å². The Morgan fingerprint density at radius 2 is 1.67 bits per heavy atom. The number of anilines is 1. The number of aryl methyl sites for hydroxylation is 1. The minimum atomic E-state index is -0.338. The molecule has 27 heavy (non-hydrogen) atoms. The number of imide groups is 1. The Labute approximate surface area is 169 Å². The average Bonchev–Trinajstić information content (AvgIpc) is 3.22. The molecule has 0 unspecified atom stereocenters. The van der Waals surface area contributed by atoms with Gasteiger partial charge >= 0.3 is 0 Å². The smallest absolute Gasteiger partial charge is 0.298 e. The predicted molar refractivity (Wildman–Crippen MR) is 111 cm³/mol. The number of hydrogen-bond acceptors (Lipinski definition) is 4. The molecule has 1 fully saturated rings. The van der Waals surface area contributed by atoms with Gasteiger partial charge in [-0.3, -0.25) is 9.59 Å². The summed E-state index contributed by atoms with van der Waals surface area (Å²) in [6.07, 6.45) is 1.61. The highest BCUT2D eigenvalue weighted by molar-refractivity contribution is 9.10. The molecular formula is C21H14BrNO3S. The number of thioether (sulfide) groups is 1. The second-order valence-corrected chi connectivity index (χ2v) is 7.97. The molecule has 0 saturated carbocycles. The van der Waals surface area contributed by atoms with Crippen LogP contribution >= 0.6 is 27.7 Å². The van der Waals surface area contributed by atoms with Gasteiger partial charge in [-0.1, -0.05) is 45.8 Å². The Balaban J connectivity index is 1.59. The van der Waals surface area contributed by atoms with Gasteiger partial charge < -0.3 is 4.42 Å². The van der Waals surface area contributed by atoms with Gasteiger partial charge in [-0.05, 0) is 55.1 Å². The fourth-order valence-corrected chi connectivity index (χ4v) is 3.80. The molecule has 2 amide bonds. The second-order valence-electron chi connectivity index (χ2n) is 6.06. The third-order valence-electron chi connectivity index (χ3n) is 4.11. The van der Waals surface area contributed by atoms with Gasteiger partial charge in [0.15, 0.2) is 0 Å². The van der Waals surface area contributed by atoms with Crippen molar-refractivity contribution in [3.8, 4) is 11.3 Å².